The van der Waals surface area contributed by atoms with Crippen LogP contribution in [0, 0.1) is 6.92 Å². The zero-order valence-corrected chi connectivity index (χ0v) is 13.9. The summed E-state index contributed by atoms with van der Waals surface area (Å²) in [7, 11) is 0. The number of fused-ring (bicyclic) bond motifs is 1. The summed E-state index contributed by atoms with van der Waals surface area (Å²) in [6.45, 7) is 2.64. The molecule has 1 N–H and O–H groups in total. The molecule has 2 aromatic carbocycles. The zero-order valence-electron chi connectivity index (χ0n) is 11.5. The highest BCUT2D eigenvalue weighted by Crippen LogP contribution is 2.29. The van der Waals surface area contributed by atoms with Gasteiger partial charge in [0.05, 0.1) is 23.4 Å². The van der Waals surface area contributed by atoms with Crippen molar-refractivity contribution >= 4 is 44.1 Å². The Hall–Kier alpha value is -1.58. The molecule has 1 aromatic heterocycles. The minimum Gasteiger partial charge on any atom is -0.378 e. The molecular weight excluding hydrogens is 348 g/mol. The largest absolute Gasteiger partial charge is 0.378 e. The molecule has 21 heavy (non-hydrogen) atoms. The minimum atomic E-state index is 0.656. The van der Waals surface area contributed by atoms with Crippen LogP contribution in [0.25, 0.3) is 10.9 Å². The van der Waals surface area contributed by atoms with E-state index in [0.717, 1.165) is 37.3 Å². The lowest BCUT2D eigenvalue weighted by atomic mass is 10.2. The van der Waals surface area contributed by atoms with Gasteiger partial charge in [-0.25, -0.2) is 0 Å². The Kier molecular flexibility index (Phi) is 4.13. The highest BCUT2D eigenvalue weighted by Gasteiger charge is 2.05. The van der Waals surface area contributed by atoms with E-state index >= 15 is 0 Å². The lowest BCUT2D eigenvalue weighted by Gasteiger charge is -2.10. The maximum Gasteiger partial charge on any atom is 0.0706 e. The van der Waals surface area contributed by atoms with Crippen LogP contribution < -0.4 is 5.32 Å². The molecule has 3 rings (SSSR count). The third-order valence-electron chi connectivity index (χ3n) is 3.36. The number of anilines is 1. The summed E-state index contributed by atoms with van der Waals surface area (Å²) < 4.78 is 1.00. The van der Waals surface area contributed by atoms with Crippen LogP contribution in [0.4, 0.5) is 5.69 Å². The van der Waals surface area contributed by atoms with Crippen molar-refractivity contribution in [1.82, 2.24) is 4.98 Å². The van der Waals surface area contributed by atoms with Crippen molar-refractivity contribution in [2.45, 2.75) is 13.5 Å². The van der Waals surface area contributed by atoms with Gasteiger partial charge in [-0.05, 0) is 52.7 Å². The average Bonchev–Trinajstić information content (AvgIpc) is 2.49. The van der Waals surface area contributed by atoms with Gasteiger partial charge in [-0.2, -0.15) is 0 Å². The first kappa shape index (κ1) is 14.4. The van der Waals surface area contributed by atoms with E-state index in [1.165, 1.54) is 0 Å². The molecule has 0 saturated carbocycles. The number of hydrogen-bond donors (Lipinski definition) is 1. The second kappa shape index (κ2) is 6.04. The van der Waals surface area contributed by atoms with Crippen molar-refractivity contribution in [3.63, 3.8) is 0 Å². The van der Waals surface area contributed by atoms with Gasteiger partial charge in [0.25, 0.3) is 0 Å². The van der Waals surface area contributed by atoms with Crippen LogP contribution >= 0.6 is 27.5 Å². The van der Waals surface area contributed by atoms with Gasteiger partial charge >= 0.3 is 0 Å². The van der Waals surface area contributed by atoms with Gasteiger partial charge in [0.1, 0.15) is 0 Å². The second-order valence-corrected chi connectivity index (χ2v) is 6.19. The highest BCUT2D eigenvalue weighted by atomic mass is 79.9. The molecule has 0 saturated heterocycles. The number of hydrogen-bond acceptors (Lipinski definition) is 2. The maximum absolute atomic E-state index is 6.17. The average molecular weight is 362 g/mol. The van der Waals surface area contributed by atoms with E-state index < -0.39 is 0 Å². The summed E-state index contributed by atoms with van der Waals surface area (Å²) in [5, 5.41) is 5.28. The fraction of sp³-hybridized carbons (Fsp3) is 0.118. The maximum atomic E-state index is 6.17. The Balaban J connectivity index is 1.81. The predicted molar refractivity (Wildman–Crippen MR) is 93.0 cm³/mol. The Morgan fingerprint density at radius 3 is 2.81 bits per heavy atom. The monoisotopic (exact) mass is 360 g/mol. The lowest BCUT2D eigenvalue weighted by molar-refractivity contribution is 1.06. The van der Waals surface area contributed by atoms with Crippen molar-refractivity contribution < 1.29 is 0 Å². The second-order valence-electron chi connectivity index (χ2n) is 4.93. The van der Waals surface area contributed by atoms with E-state index in [4.69, 9.17) is 11.6 Å². The topological polar surface area (TPSA) is 24.9 Å². The predicted octanol–water partition coefficient (Wildman–Crippen LogP) is 5.57. The molecule has 106 valence electrons. The fourth-order valence-electron chi connectivity index (χ4n) is 2.17. The van der Waals surface area contributed by atoms with Crippen molar-refractivity contribution in [2.75, 3.05) is 5.32 Å². The molecular formula is C17H14BrClN2. The molecule has 4 heteroatoms. The lowest BCUT2D eigenvalue weighted by Crippen LogP contribution is -2.02. The quantitative estimate of drug-likeness (QED) is 0.659. The fourth-order valence-corrected chi connectivity index (χ4v) is 2.94. The van der Waals surface area contributed by atoms with Crippen LogP contribution in [-0.2, 0) is 6.54 Å². The van der Waals surface area contributed by atoms with Crippen LogP contribution in [-0.4, -0.2) is 4.98 Å². The van der Waals surface area contributed by atoms with Gasteiger partial charge in [-0.15, -0.1) is 0 Å². The molecule has 0 unspecified atom stereocenters. The molecule has 0 radical (unpaired) electrons. The van der Waals surface area contributed by atoms with Gasteiger partial charge in [0.2, 0.25) is 0 Å². The molecule has 0 spiro atoms. The van der Waals surface area contributed by atoms with Crippen LogP contribution in [0.1, 0.15) is 11.3 Å². The minimum absolute atomic E-state index is 0.656. The first-order valence-electron chi connectivity index (χ1n) is 6.68. The number of aromatic nitrogens is 1. The van der Waals surface area contributed by atoms with Crippen LogP contribution in [0.2, 0.25) is 5.02 Å². The third-order valence-corrected chi connectivity index (χ3v) is 4.43. The molecule has 0 amide bonds. The third kappa shape index (κ3) is 3.20. The molecule has 0 atom stereocenters. The Morgan fingerprint density at radius 1 is 1.14 bits per heavy atom. The van der Waals surface area contributed by atoms with E-state index in [2.05, 4.69) is 38.4 Å². The highest BCUT2D eigenvalue weighted by molar-refractivity contribution is 9.10. The first-order valence-corrected chi connectivity index (χ1v) is 7.85. The Bertz CT molecular complexity index is 802. The molecule has 2 nitrogen and oxygen atoms in total. The number of rotatable bonds is 3. The smallest absolute Gasteiger partial charge is 0.0706 e. The van der Waals surface area contributed by atoms with Gasteiger partial charge in [-0.1, -0.05) is 35.9 Å². The van der Waals surface area contributed by atoms with E-state index in [1.54, 1.807) is 0 Å². The number of pyridine rings is 1. The van der Waals surface area contributed by atoms with Crippen molar-refractivity contribution in [2.24, 2.45) is 0 Å². The van der Waals surface area contributed by atoms with Gasteiger partial charge in [0, 0.05) is 14.9 Å². The van der Waals surface area contributed by atoms with Crippen LogP contribution in [0.5, 0.6) is 0 Å². The molecule has 0 bridgehead atoms. The van der Waals surface area contributed by atoms with Gasteiger partial charge < -0.3 is 5.32 Å². The SMILES string of the molecule is Cc1cc(Br)c(NCc2ccc3ccccc3n2)cc1Cl. The number of benzene rings is 2. The van der Waals surface area contributed by atoms with Crippen molar-refractivity contribution in [1.29, 1.82) is 0 Å². The Morgan fingerprint density at radius 2 is 1.95 bits per heavy atom. The Labute approximate surface area is 137 Å². The molecule has 1 heterocycles. The summed E-state index contributed by atoms with van der Waals surface area (Å²) in [6.07, 6.45) is 0. The standard InChI is InChI=1S/C17H14BrClN2/c1-11-8-14(18)17(9-15(11)19)20-10-13-7-6-12-4-2-3-5-16(12)21-13/h2-9,20H,10H2,1H3. The van der Waals surface area contributed by atoms with Gasteiger partial charge in [0.15, 0.2) is 0 Å². The number of aryl methyl sites for hydroxylation is 1. The normalized spacial score (nSPS) is 10.8. The summed E-state index contributed by atoms with van der Waals surface area (Å²) >= 11 is 9.72. The van der Waals surface area contributed by atoms with E-state index in [0.29, 0.717) is 6.54 Å². The number of para-hydroxylation sites is 1. The summed E-state index contributed by atoms with van der Waals surface area (Å²) in [6, 6.07) is 16.2. The summed E-state index contributed by atoms with van der Waals surface area (Å²) in [4.78, 5) is 4.65. The van der Waals surface area contributed by atoms with E-state index in [-0.39, 0.29) is 0 Å². The molecule has 0 aliphatic heterocycles. The van der Waals surface area contributed by atoms with E-state index in [9.17, 15) is 0 Å². The van der Waals surface area contributed by atoms with E-state index in [1.807, 2.05) is 43.3 Å². The van der Waals surface area contributed by atoms with Crippen LogP contribution in [0.15, 0.2) is 53.0 Å². The van der Waals surface area contributed by atoms with Gasteiger partial charge in [-0.3, -0.25) is 4.98 Å². The number of nitrogens with zero attached hydrogens (tertiary/aromatic N) is 1. The number of nitrogens with one attached hydrogen (secondary N) is 1. The summed E-state index contributed by atoms with van der Waals surface area (Å²) in [5.41, 5.74) is 4.04. The number of halogens is 2. The van der Waals surface area contributed by atoms with Crippen LogP contribution in [0.3, 0.4) is 0 Å². The molecule has 3 aromatic rings. The first-order chi connectivity index (χ1) is 10.1. The van der Waals surface area contributed by atoms with Crippen molar-refractivity contribution in [3.8, 4) is 0 Å². The summed E-state index contributed by atoms with van der Waals surface area (Å²) in [5.74, 6) is 0. The molecule has 0 aliphatic rings. The molecule has 0 aliphatic carbocycles. The van der Waals surface area contributed by atoms with Crippen molar-refractivity contribution in [3.05, 3.63) is 69.3 Å². The zero-order chi connectivity index (χ0) is 14.8. The molecule has 0 fully saturated rings.